The molecule has 0 atom stereocenters. The monoisotopic (exact) mass is 523 g/mol. The van der Waals surface area contributed by atoms with Crippen molar-refractivity contribution >= 4 is 28.4 Å². The van der Waals surface area contributed by atoms with E-state index >= 15 is 0 Å². The van der Waals surface area contributed by atoms with Gasteiger partial charge in [0.05, 0.1) is 16.8 Å². The van der Waals surface area contributed by atoms with E-state index in [0.29, 0.717) is 34.2 Å². The van der Waals surface area contributed by atoms with Gasteiger partial charge >= 0.3 is 0 Å². The maximum Gasteiger partial charge on any atom is 0.252 e. The Labute approximate surface area is 213 Å². The summed E-state index contributed by atoms with van der Waals surface area (Å²) >= 11 is 0. The summed E-state index contributed by atoms with van der Waals surface area (Å²) in [6.45, 7) is 3.73. The average Bonchev–Trinajstić information content (AvgIpc) is 3.56. The van der Waals surface area contributed by atoms with E-state index in [-0.39, 0.29) is 18.3 Å². The van der Waals surface area contributed by atoms with Gasteiger partial charge in [-0.05, 0) is 49.1 Å². The lowest BCUT2D eigenvalue weighted by molar-refractivity contribution is 0.0880. The summed E-state index contributed by atoms with van der Waals surface area (Å²) in [5, 5.41) is 3.00. The van der Waals surface area contributed by atoms with Crippen LogP contribution in [-0.4, -0.2) is 57.1 Å². The van der Waals surface area contributed by atoms with Crippen molar-refractivity contribution in [2.45, 2.75) is 19.4 Å². The number of amidine groups is 1. The summed E-state index contributed by atoms with van der Waals surface area (Å²) in [6, 6.07) is 8.36. The van der Waals surface area contributed by atoms with Crippen LogP contribution in [0.15, 0.2) is 72.2 Å². The van der Waals surface area contributed by atoms with Crippen LogP contribution in [0, 0.1) is 0 Å². The fourth-order valence-corrected chi connectivity index (χ4v) is 4.59. The molecule has 6 N–H and O–H groups in total. The van der Waals surface area contributed by atoms with Gasteiger partial charge in [0.1, 0.15) is 36.6 Å². The zero-order valence-corrected chi connectivity index (χ0v) is 20.8. The molecule has 1 aliphatic heterocycles. The van der Waals surface area contributed by atoms with E-state index in [1.807, 2.05) is 13.8 Å². The third kappa shape index (κ3) is 5.25. The highest BCUT2D eigenvalue weighted by molar-refractivity contribution is 8.24. The summed E-state index contributed by atoms with van der Waals surface area (Å²) in [6.07, 6.45) is 9.94. The second kappa shape index (κ2) is 9.24. The van der Waals surface area contributed by atoms with Crippen LogP contribution in [0.5, 0.6) is 5.75 Å². The first kappa shape index (κ1) is 24.3. The van der Waals surface area contributed by atoms with Crippen LogP contribution in [-0.2, 0) is 0 Å². The van der Waals surface area contributed by atoms with Crippen molar-refractivity contribution in [1.82, 2.24) is 29.4 Å². The number of carbonyl (C=O) groups excluding carboxylic acids is 1. The van der Waals surface area contributed by atoms with E-state index in [1.54, 1.807) is 76.9 Å². The number of nitrogens with one attached hydrogen (secondary N) is 2. The minimum atomic E-state index is -3.41. The molecule has 14 heteroatoms. The Kier molecular flexibility index (Phi) is 6.07. The molecule has 1 aliphatic rings. The van der Waals surface area contributed by atoms with E-state index in [1.165, 1.54) is 0 Å². The first-order valence-corrected chi connectivity index (χ1v) is 12.6. The summed E-state index contributed by atoms with van der Waals surface area (Å²) < 4.78 is 35.4. The Morgan fingerprint density at radius 3 is 2.38 bits per heavy atom. The highest BCUT2D eigenvalue weighted by Crippen LogP contribution is 2.46. The number of amides is 1. The lowest BCUT2D eigenvalue weighted by Crippen LogP contribution is -2.48. The number of rotatable bonds is 7. The van der Waals surface area contributed by atoms with Gasteiger partial charge in [0, 0.05) is 30.4 Å². The molecule has 0 unspecified atom stereocenters. The van der Waals surface area contributed by atoms with Gasteiger partial charge in [0.15, 0.2) is 5.84 Å². The van der Waals surface area contributed by atoms with Crippen molar-refractivity contribution in [3.63, 3.8) is 0 Å². The number of hydrogen-bond donors (Lipinski definition) is 5. The zero-order valence-electron chi connectivity index (χ0n) is 19.9. The Bertz CT molecular complexity index is 1420. The number of nitrogens with zero attached hydrogens (tertiary/aromatic N) is 6. The number of nitrogens with two attached hydrogens (primary N) is 1. The Morgan fingerprint density at radius 1 is 1.14 bits per heavy atom. The van der Waals surface area contributed by atoms with Crippen molar-refractivity contribution in [3.05, 3.63) is 78.9 Å². The predicted molar refractivity (Wildman–Crippen MR) is 139 cm³/mol. The van der Waals surface area contributed by atoms with Crippen LogP contribution in [0.4, 0.5) is 5.69 Å². The molecule has 0 spiro atoms. The molecule has 1 aromatic carbocycles. The summed E-state index contributed by atoms with van der Waals surface area (Å²) in [5.41, 5.74) is 6.36. The van der Waals surface area contributed by atoms with Crippen molar-refractivity contribution in [3.8, 4) is 17.4 Å². The molecule has 0 aliphatic carbocycles. The molecule has 13 nitrogen and oxygen atoms in total. The molecule has 37 heavy (non-hydrogen) atoms. The summed E-state index contributed by atoms with van der Waals surface area (Å²) in [7, 11) is -3.41. The van der Waals surface area contributed by atoms with Gasteiger partial charge in [-0.15, -0.1) is 4.40 Å². The third-order valence-electron chi connectivity index (χ3n) is 5.39. The molecule has 0 saturated carbocycles. The minimum Gasteiger partial charge on any atom is -0.490 e. The fourth-order valence-electron chi connectivity index (χ4n) is 3.71. The van der Waals surface area contributed by atoms with Gasteiger partial charge in [-0.25, -0.2) is 15.0 Å². The SMILES string of the molecule is CC(C)(COc1cccc2c1C(N)=NS(O)(O)N2)NC(=O)c1cc(-n2ccnc2)nc(-n2ccnc2)c1. The van der Waals surface area contributed by atoms with Gasteiger partial charge in [0.2, 0.25) is 0 Å². The molecule has 1 amide bonds. The van der Waals surface area contributed by atoms with E-state index in [0.717, 1.165) is 0 Å². The summed E-state index contributed by atoms with van der Waals surface area (Å²) in [4.78, 5) is 26.1. The highest BCUT2D eigenvalue weighted by Gasteiger charge is 2.28. The second-order valence-corrected chi connectivity index (χ2v) is 10.3. The number of aromatic nitrogens is 5. The predicted octanol–water partition coefficient (Wildman–Crippen LogP) is 2.75. The molecule has 3 aromatic heterocycles. The van der Waals surface area contributed by atoms with E-state index < -0.39 is 16.5 Å². The van der Waals surface area contributed by atoms with Crippen LogP contribution in [0.3, 0.4) is 0 Å². The van der Waals surface area contributed by atoms with E-state index in [4.69, 9.17) is 10.5 Å². The molecule has 0 saturated heterocycles. The van der Waals surface area contributed by atoms with Gasteiger partial charge in [0.25, 0.3) is 5.91 Å². The van der Waals surface area contributed by atoms with Crippen molar-refractivity contribution in [1.29, 1.82) is 0 Å². The van der Waals surface area contributed by atoms with Crippen LogP contribution in [0.1, 0.15) is 29.8 Å². The number of fused-ring (bicyclic) bond motifs is 1. The van der Waals surface area contributed by atoms with E-state index in [2.05, 4.69) is 29.4 Å². The maximum absolute atomic E-state index is 13.3. The quantitative estimate of drug-likeness (QED) is 0.244. The van der Waals surface area contributed by atoms with Crippen LogP contribution in [0.2, 0.25) is 0 Å². The van der Waals surface area contributed by atoms with E-state index in [9.17, 15) is 13.9 Å². The smallest absolute Gasteiger partial charge is 0.252 e. The highest BCUT2D eigenvalue weighted by atomic mass is 32.3. The van der Waals surface area contributed by atoms with Gasteiger partial charge in [-0.3, -0.25) is 27.8 Å². The molecule has 0 radical (unpaired) electrons. The topological polar surface area (TPSA) is 178 Å². The van der Waals surface area contributed by atoms with Gasteiger partial charge in [-0.1, -0.05) is 6.07 Å². The largest absolute Gasteiger partial charge is 0.490 e. The number of benzene rings is 1. The first-order chi connectivity index (χ1) is 17.6. The number of imidazole rings is 2. The molecule has 5 rings (SSSR count). The average molecular weight is 524 g/mol. The Hall–Kier alpha value is -4.40. The second-order valence-electron chi connectivity index (χ2n) is 8.91. The third-order valence-corrected chi connectivity index (χ3v) is 6.34. The van der Waals surface area contributed by atoms with Crippen molar-refractivity contribution < 1.29 is 18.6 Å². The summed E-state index contributed by atoms with van der Waals surface area (Å²) in [5.74, 6) is 1.05. The number of pyridine rings is 1. The van der Waals surface area contributed by atoms with Crippen LogP contribution < -0.4 is 20.5 Å². The standard InChI is InChI=1S/C23H25N9O4S/c1-23(2,12-36-17-5-3-4-16-20(17)21(24)30-37(34,35)29-16)28-22(33)15-10-18(31-8-6-25-13-31)27-19(11-15)32-9-7-26-14-32/h3-11,13-14,29,34-35H,12H2,1-2H3,(H2,24,30)(H,28,33). The van der Waals surface area contributed by atoms with Crippen molar-refractivity contribution in [2.75, 3.05) is 11.3 Å². The van der Waals surface area contributed by atoms with Crippen LogP contribution in [0.25, 0.3) is 11.6 Å². The van der Waals surface area contributed by atoms with Gasteiger partial charge < -0.3 is 15.8 Å². The molecule has 0 bridgehead atoms. The normalized spacial score (nSPS) is 15.2. The number of carbonyl (C=O) groups is 1. The number of ether oxygens (including phenoxy) is 1. The lowest BCUT2D eigenvalue weighted by atomic mass is 10.1. The molecule has 0 fully saturated rings. The molecule has 4 heterocycles. The van der Waals surface area contributed by atoms with Crippen LogP contribution >= 0.6 is 11.0 Å². The lowest BCUT2D eigenvalue weighted by Gasteiger charge is -2.34. The maximum atomic E-state index is 13.3. The molecular weight excluding hydrogens is 498 g/mol. The Morgan fingerprint density at radius 2 is 1.78 bits per heavy atom. The van der Waals surface area contributed by atoms with Crippen molar-refractivity contribution in [2.24, 2.45) is 10.1 Å². The fraction of sp³-hybridized carbons (Fsp3) is 0.174. The molecule has 192 valence electrons. The number of hydrogen-bond acceptors (Lipinski definition) is 10. The molecule has 4 aromatic rings. The Balaban J connectivity index is 1.36. The first-order valence-electron chi connectivity index (χ1n) is 11.1. The number of anilines is 1. The molecular formula is C23H25N9O4S. The zero-order chi connectivity index (χ0) is 26.2. The van der Waals surface area contributed by atoms with Gasteiger partial charge in [-0.2, -0.15) is 0 Å². The minimum absolute atomic E-state index is 0.0537.